The average molecular weight is 580 g/mol. The van der Waals surface area contributed by atoms with Crippen LogP contribution < -0.4 is 5.32 Å². The SMILES string of the molecule is CC(C)(C)OC(=O)N[C@@H](CN1C[C@@H]2C[C@H]1C(=O)N2C(c1ccc(F)cc1)c1ccc(F)cc1)C(=O)N1CCC[C@H]1C#N. The van der Waals surface area contributed by atoms with Crippen molar-refractivity contribution in [3.63, 3.8) is 0 Å². The molecule has 1 N–H and O–H groups in total. The van der Waals surface area contributed by atoms with E-state index in [1.165, 1.54) is 29.2 Å². The number of fused-ring (bicyclic) bond motifs is 2. The van der Waals surface area contributed by atoms with Gasteiger partial charge in [-0.3, -0.25) is 14.5 Å². The van der Waals surface area contributed by atoms with Crippen LogP contribution in [0, 0.1) is 23.0 Å². The molecule has 2 aromatic carbocycles. The van der Waals surface area contributed by atoms with E-state index in [1.807, 2.05) is 4.90 Å². The standard InChI is InChI=1S/C31H35F2N5O4/c1-31(2,3)42-30(41)35-25(28(39)37-14-4-5-23(37)16-34)18-36-17-24-15-26(36)29(40)38(24)27(19-6-10-21(32)11-7-19)20-8-12-22(33)13-9-20/h6-13,23-27H,4-5,14-15,17-18H2,1-3H3,(H,35,41)/t23-,24-,25-,26-/m0/s1. The fraction of sp³-hybridized carbons (Fsp3) is 0.484. The first-order valence-corrected chi connectivity index (χ1v) is 14.2. The smallest absolute Gasteiger partial charge is 0.408 e. The Hall–Kier alpha value is -4.04. The number of halogens is 2. The fourth-order valence-corrected chi connectivity index (χ4v) is 6.27. The van der Waals surface area contributed by atoms with Gasteiger partial charge in [-0.1, -0.05) is 24.3 Å². The monoisotopic (exact) mass is 579 g/mol. The Morgan fingerprint density at radius 3 is 2.19 bits per heavy atom. The number of carbonyl (C=O) groups excluding carboxylic acids is 3. The van der Waals surface area contributed by atoms with E-state index in [4.69, 9.17) is 4.74 Å². The van der Waals surface area contributed by atoms with Gasteiger partial charge in [-0.25, -0.2) is 13.6 Å². The minimum absolute atomic E-state index is 0.0746. The van der Waals surface area contributed by atoms with Gasteiger partial charge in [-0.15, -0.1) is 0 Å². The van der Waals surface area contributed by atoms with Gasteiger partial charge < -0.3 is 19.9 Å². The molecular formula is C31H35F2N5O4. The van der Waals surface area contributed by atoms with Crippen molar-refractivity contribution in [2.75, 3.05) is 19.6 Å². The summed E-state index contributed by atoms with van der Waals surface area (Å²) < 4.78 is 32.9. The minimum atomic E-state index is -1.01. The summed E-state index contributed by atoms with van der Waals surface area (Å²) in [6.45, 7) is 6.10. The molecule has 3 fully saturated rings. The van der Waals surface area contributed by atoms with Crippen molar-refractivity contribution in [2.45, 2.75) is 75.8 Å². The number of hydrogen-bond acceptors (Lipinski definition) is 6. The molecule has 11 heteroatoms. The van der Waals surface area contributed by atoms with E-state index in [0.717, 1.165) is 0 Å². The second kappa shape index (κ2) is 11.7. The Balaban J connectivity index is 1.38. The van der Waals surface area contributed by atoms with Crippen molar-refractivity contribution in [3.05, 3.63) is 71.3 Å². The average Bonchev–Trinajstić information content (AvgIpc) is 3.65. The third-order valence-corrected chi connectivity index (χ3v) is 8.06. The number of amides is 3. The Morgan fingerprint density at radius 1 is 1.07 bits per heavy atom. The highest BCUT2D eigenvalue weighted by atomic mass is 19.1. The molecule has 222 valence electrons. The molecule has 3 amide bonds. The van der Waals surface area contributed by atoms with Crippen molar-refractivity contribution in [3.8, 4) is 6.07 Å². The highest BCUT2D eigenvalue weighted by molar-refractivity contribution is 5.88. The lowest BCUT2D eigenvalue weighted by atomic mass is 9.95. The molecule has 3 aliphatic heterocycles. The van der Waals surface area contributed by atoms with E-state index in [-0.39, 0.29) is 24.4 Å². The molecule has 0 spiro atoms. The van der Waals surface area contributed by atoms with Crippen LogP contribution in [0.4, 0.5) is 13.6 Å². The molecule has 0 aliphatic carbocycles. The number of nitrogens with zero attached hydrogens (tertiary/aromatic N) is 4. The highest BCUT2D eigenvalue weighted by Gasteiger charge is 2.53. The molecule has 5 rings (SSSR count). The van der Waals surface area contributed by atoms with Gasteiger partial charge in [0.05, 0.1) is 18.2 Å². The Bertz CT molecular complexity index is 1330. The minimum Gasteiger partial charge on any atom is -0.444 e. The maximum atomic E-state index is 13.9. The van der Waals surface area contributed by atoms with Gasteiger partial charge >= 0.3 is 6.09 Å². The second-order valence-electron chi connectivity index (χ2n) is 12.1. The fourth-order valence-electron chi connectivity index (χ4n) is 6.27. The number of rotatable bonds is 7. The zero-order valence-electron chi connectivity index (χ0n) is 23.9. The third-order valence-electron chi connectivity index (χ3n) is 8.06. The second-order valence-corrected chi connectivity index (χ2v) is 12.1. The molecule has 3 saturated heterocycles. The lowest BCUT2D eigenvalue weighted by molar-refractivity contribution is -0.140. The van der Waals surface area contributed by atoms with Crippen molar-refractivity contribution >= 4 is 17.9 Å². The molecular weight excluding hydrogens is 544 g/mol. The number of hydrogen-bond donors (Lipinski definition) is 1. The van der Waals surface area contributed by atoms with Crippen LogP contribution in [0.3, 0.4) is 0 Å². The Labute approximate surface area is 244 Å². The summed E-state index contributed by atoms with van der Waals surface area (Å²) in [7, 11) is 0. The maximum Gasteiger partial charge on any atom is 0.408 e. The summed E-state index contributed by atoms with van der Waals surface area (Å²) in [5, 5.41) is 12.2. The van der Waals surface area contributed by atoms with Gasteiger partial charge in [0.2, 0.25) is 11.8 Å². The first-order chi connectivity index (χ1) is 19.9. The largest absolute Gasteiger partial charge is 0.444 e. The third kappa shape index (κ3) is 6.09. The molecule has 0 aromatic heterocycles. The van der Waals surface area contributed by atoms with Gasteiger partial charge in [-0.2, -0.15) is 5.26 Å². The van der Waals surface area contributed by atoms with E-state index in [9.17, 15) is 28.4 Å². The van der Waals surface area contributed by atoms with Crippen LogP contribution in [0.5, 0.6) is 0 Å². The lowest BCUT2D eigenvalue weighted by Crippen LogP contribution is -2.59. The van der Waals surface area contributed by atoms with Crippen LogP contribution >= 0.6 is 0 Å². The Morgan fingerprint density at radius 2 is 1.67 bits per heavy atom. The number of carbonyl (C=O) groups is 3. The van der Waals surface area contributed by atoms with Gasteiger partial charge in [-0.05, 0) is 75.4 Å². The van der Waals surface area contributed by atoms with E-state index in [0.29, 0.717) is 43.5 Å². The molecule has 42 heavy (non-hydrogen) atoms. The molecule has 2 bridgehead atoms. The topological polar surface area (TPSA) is 106 Å². The van der Waals surface area contributed by atoms with Crippen LogP contribution in [-0.4, -0.2) is 82.0 Å². The maximum absolute atomic E-state index is 13.9. The van der Waals surface area contributed by atoms with Gasteiger partial charge in [0, 0.05) is 25.7 Å². The number of alkyl carbamates (subject to hydrolysis) is 1. The lowest BCUT2D eigenvalue weighted by Gasteiger charge is -2.40. The van der Waals surface area contributed by atoms with Gasteiger partial charge in [0.15, 0.2) is 0 Å². The van der Waals surface area contributed by atoms with Crippen LogP contribution in [-0.2, 0) is 14.3 Å². The zero-order valence-corrected chi connectivity index (χ0v) is 23.9. The number of piperazine rings is 1. The zero-order chi connectivity index (χ0) is 30.2. The van der Waals surface area contributed by atoms with E-state index < -0.39 is 47.5 Å². The summed E-state index contributed by atoms with van der Waals surface area (Å²) in [5.41, 5.74) is 0.623. The molecule has 4 atom stereocenters. The van der Waals surface area contributed by atoms with Crippen molar-refractivity contribution < 1.29 is 27.9 Å². The first-order valence-electron chi connectivity index (χ1n) is 14.2. The quantitative estimate of drug-likeness (QED) is 0.536. The Kier molecular flexibility index (Phi) is 8.19. The van der Waals surface area contributed by atoms with E-state index in [2.05, 4.69) is 11.4 Å². The van der Waals surface area contributed by atoms with Crippen LogP contribution in [0.15, 0.2) is 48.5 Å². The number of ether oxygens (including phenoxy) is 1. The van der Waals surface area contributed by atoms with Crippen LogP contribution in [0.2, 0.25) is 0 Å². The predicted molar refractivity (Wildman–Crippen MR) is 149 cm³/mol. The van der Waals surface area contributed by atoms with Crippen LogP contribution in [0.25, 0.3) is 0 Å². The number of nitrogens with one attached hydrogen (secondary N) is 1. The van der Waals surface area contributed by atoms with E-state index in [1.54, 1.807) is 49.9 Å². The van der Waals surface area contributed by atoms with Gasteiger partial charge in [0.1, 0.15) is 29.3 Å². The number of nitriles is 1. The molecule has 3 heterocycles. The molecule has 2 aromatic rings. The summed E-state index contributed by atoms with van der Waals surface area (Å²) in [6.07, 6.45) is 1.02. The summed E-state index contributed by atoms with van der Waals surface area (Å²) in [6, 6.07) is 11.1. The normalized spacial score (nSPS) is 22.9. The van der Waals surface area contributed by atoms with Gasteiger partial charge in [0.25, 0.3) is 0 Å². The predicted octanol–water partition coefficient (Wildman–Crippen LogP) is 3.75. The first kappa shape index (κ1) is 29.5. The molecule has 0 unspecified atom stereocenters. The summed E-state index contributed by atoms with van der Waals surface area (Å²) >= 11 is 0. The van der Waals surface area contributed by atoms with E-state index >= 15 is 0 Å². The van der Waals surface area contributed by atoms with Crippen molar-refractivity contribution in [2.24, 2.45) is 0 Å². The summed E-state index contributed by atoms with van der Waals surface area (Å²) in [4.78, 5) is 45.4. The van der Waals surface area contributed by atoms with Crippen LogP contribution in [0.1, 0.15) is 57.2 Å². The summed E-state index contributed by atoms with van der Waals surface area (Å²) in [5.74, 6) is -1.35. The molecule has 9 nitrogen and oxygen atoms in total. The number of likely N-dealkylation sites (tertiary alicyclic amines) is 3. The number of benzene rings is 2. The van der Waals surface area contributed by atoms with Crippen molar-refractivity contribution in [1.82, 2.24) is 20.0 Å². The van der Waals surface area contributed by atoms with Crippen molar-refractivity contribution in [1.29, 1.82) is 5.26 Å². The molecule has 0 saturated carbocycles. The highest BCUT2D eigenvalue weighted by Crippen LogP contribution is 2.41. The molecule has 0 radical (unpaired) electrons. The molecule has 3 aliphatic rings.